The maximum absolute atomic E-state index is 13.1. The molecule has 0 radical (unpaired) electrons. The smallest absolute Gasteiger partial charge is 0.269 e. The third kappa shape index (κ3) is 5.74. The van der Waals surface area contributed by atoms with Crippen molar-refractivity contribution < 1.29 is 22.8 Å². The van der Waals surface area contributed by atoms with Crippen LogP contribution < -0.4 is 10.6 Å². The molecule has 2 aliphatic heterocycles. The van der Waals surface area contributed by atoms with Gasteiger partial charge >= 0.3 is 0 Å². The third-order valence-corrected chi connectivity index (χ3v) is 9.62. The quantitative estimate of drug-likeness (QED) is 0.436. The molecule has 9 nitrogen and oxygen atoms in total. The van der Waals surface area contributed by atoms with Gasteiger partial charge in [-0.1, -0.05) is 58.7 Å². The Morgan fingerprint density at radius 1 is 1.03 bits per heavy atom. The Balaban J connectivity index is 1.15. The van der Waals surface area contributed by atoms with E-state index >= 15 is 0 Å². The minimum absolute atomic E-state index is 0.0489. The van der Waals surface area contributed by atoms with E-state index in [1.165, 1.54) is 22.5 Å². The SMILES string of the molecule is CC(NC(=O)C1=NOC2(CCN(S(=O)(=O)c3cc(Cl)ccc3Cl)CC2)C1)C(=O)Nc1ccc2ccccc2c1. The van der Waals surface area contributed by atoms with E-state index in [1.54, 1.807) is 13.0 Å². The molecule has 39 heavy (non-hydrogen) atoms. The molecule has 1 unspecified atom stereocenters. The number of fused-ring (bicyclic) bond motifs is 1. The van der Waals surface area contributed by atoms with Crippen molar-refractivity contribution >= 4 is 67.2 Å². The van der Waals surface area contributed by atoms with Crippen molar-refractivity contribution in [2.45, 2.75) is 42.7 Å². The third-order valence-electron chi connectivity index (χ3n) is 7.00. The predicted octanol–water partition coefficient (Wildman–Crippen LogP) is 4.59. The fourth-order valence-electron chi connectivity index (χ4n) is 4.72. The number of amides is 2. The molecule has 0 aliphatic carbocycles. The molecule has 0 aromatic heterocycles. The Morgan fingerprint density at radius 2 is 1.74 bits per heavy atom. The molecule has 3 aromatic carbocycles. The van der Waals surface area contributed by atoms with Crippen LogP contribution in [0.2, 0.25) is 10.0 Å². The van der Waals surface area contributed by atoms with Gasteiger partial charge in [-0.05, 0) is 48.0 Å². The largest absolute Gasteiger partial charge is 0.388 e. The van der Waals surface area contributed by atoms with Crippen molar-refractivity contribution in [1.82, 2.24) is 9.62 Å². The first kappa shape index (κ1) is 27.4. The van der Waals surface area contributed by atoms with Crippen molar-refractivity contribution in [2.75, 3.05) is 18.4 Å². The van der Waals surface area contributed by atoms with Crippen LogP contribution in [-0.4, -0.2) is 55.0 Å². The van der Waals surface area contributed by atoms with Crippen LogP contribution in [0.25, 0.3) is 10.8 Å². The van der Waals surface area contributed by atoms with E-state index in [2.05, 4.69) is 15.8 Å². The van der Waals surface area contributed by atoms with E-state index in [-0.39, 0.29) is 46.1 Å². The molecule has 1 fully saturated rings. The second-order valence-electron chi connectivity index (χ2n) is 9.71. The number of hydrogen-bond donors (Lipinski definition) is 2. The Hall–Kier alpha value is -3.18. The van der Waals surface area contributed by atoms with Crippen molar-refractivity contribution in [3.05, 3.63) is 70.7 Å². The summed E-state index contributed by atoms with van der Waals surface area (Å²) in [4.78, 5) is 31.2. The lowest BCUT2D eigenvalue weighted by atomic mass is 9.87. The minimum Gasteiger partial charge on any atom is -0.388 e. The molecule has 0 saturated carbocycles. The number of oxime groups is 1. The Kier molecular flexibility index (Phi) is 7.56. The normalized spacial score (nSPS) is 17.9. The van der Waals surface area contributed by atoms with E-state index in [1.807, 2.05) is 36.4 Å². The summed E-state index contributed by atoms with van der Waals surface area (Å²) in [6, 6.07) is 16.9. The monoisotopic (exact) mass is 588 g/mol. The van der Waals surface area contributed by atoms with Gasteiger partial charge in [-0.3, -0.25) is 9.59 Å². The van der Waals surface area contributed by atoms with Gasteiger partial charge in [-0.25, -0.2) is 8.42 Å². The van der Waals surface area contributed by atoms with Crippen LogP contribution in [0.1, 0.15) is 26.2 Å². The molecular weight excluding hydrogens is 563 g/mol. The summed E-state index contributed by atoms with van der Waals surface area (Å²) in [6.45, 7) is 1.92. The molecule has 1 spiro atoms. The average molecular weight is 590 g/mol. The number of nitrogens with one attached hydrogen (secondary N) is 2. The number of halogens is 2. The lowest BCUT2D eigenvalue weighted by Crippen LogP contribution is -2.48. The minimum atomic E-state index is -3.85. The van der Waals surface area contributed by atoms with Crippen LogP contribution in [0.4, 0.5) is 5.69 Å². The molecule has 1 saturated heterocycles. The highest BCUT2D eigenvalue weighted by Crippen LogP contribution is 2.37. The number of piperidine rings is 1. The van der Waals surface area contributed by atoms with Crippen molar-refractivity contribution in [1.29, 1.82) is 0 Å². The van der Waals surface area contributed by atoms with Gasteiger partial charge in [0, 0.05) is 43.1 Å². The van der Waals surface area contributed by atoms with Crippen LogP contribution >= 0.6 is 23.2 Å². The zero-order valence-electron chi connectivity index (χ0n) is 21.0. The number of benzene rings is 3. The number of nitrogens with zero attached hydrogens (tertiary/aromatic N) is 2. The van der Waals surface area contributed by atoms with Gasteiger partial charge < -0.3 is 15.5 Å². The summed E-state index contributed by atoms with van der Waals surface area (Å²) in [5.41, 5.74) is 0.00329. The van der Waals surface area contributed by atoms with E-state index in [0.29, 0.717) is 18.5 Å². The van der Waals surface area contributed by atoms with Crippen LogP contribution in [0, 0.1) is 0 Å². The van der Waals surface area contributed by atoms with Gasteiger partial charge in [0.15, 0.2) is 0 Å². The Bertz CT molecular complexity index is 1590. The zero-order chi connectivity index (χ0) is 27.8. The van der Waals surface area contributed by atoms with Gasteiger partial charge in [-0.2, -0.15) is 4.31 Å². The molecule has 5 rings (SSSR count). The summed E-state index contributed by atoms with van der Waals surface area (Å²) in [5, 5.41) is 11.9. The molecule has 1 atom stereocenters. The predicted molar refractivity (Wildman–Crippen MR) is 151 cm³/mol. The van der Waals surface area contributed by atoms with Crippen LogP contribution in [0.15, 0.2) is 70.7 Å². The maximum atomic E-state index is 13.1. The molecule has 204 valence electrons. The summed E-state index contributed by atoms with van der Waals surface area (Å²) in [6.07, 6.45) is 0.884. The van der Waals surface area contributed by atoms with Crippen molar-refractivity contribution in [3.63, 3.8) is 0 Å². The number of anilines is 1. The molecule has 2 aliphatic rings. The number of carbonyl (C=O) groups is 2. The summed E-state index contributed by atoms with van der Waals surface area (Å²) >= 11 is 12.1. The fourth-order valence-corrected chi connectivity index (χ4v) is 6.90. The molecular formula is C27H26Cl2N4O5S. The van der Waals surface area contributed by atoms with E-state index in [0.717, 1.165) is 10.8 Å². The first-order valence-corrected chi connectivity index (χ1v) is 14.6. The molecule has 0 bridgehead atoms. The summed E-state index contributed by atoms with van der Waals surface area (Å²) in [5.74, 6) is -0.875. The molecule has 2 heterocycles. The van der Waals surface area contributed by atoms with Gasteiger partial charge in [-0.15, -0.1) is 0 Å². The lowest BCUT2D eigenvalue weighted by Gasteiger charge is -2.36. The molecule has 12 heteroatoms. The van der Waals surface area contributed by atoms with E-state index < -0.39 is 27.6 Å². The van der Waals surface area contributed by atoms with Gasteiger partial charge in [0.25, 0.3) is 5.91 Å². The lowest BCUT2D eigenvalue weighted by molar-refractivity contribution is -0.122. The van der Waals surface area contributed by atoms with Crippen molar-refractivity contribution in [3.8, 4) is 0 Å². The average Bonchev–Trinajstić information content (AvgIpc) is 3.33. The second-order valence-corrected chi connectivity index (χ2v) is 12.5. The Labute approximate surface area is 236 Å². The molecule has 3 aromatic rings. The number of sulfonamides is 1. The maximum Gasteiger partial charge on any atom is 0.269 e. The van der Waals surface area contributed by atoms with Gasteiger partial charge in [0.2, 0.25) is 15.9 Å². The van der Waals surface area contributed by atoms with Crippen LogP contribution in [-0.2, 0) is 24.4 Å². The number of rotatable bonds is 6. The second kappa shape index (κ2) is 10.8. The van der Waals surface area contributed by atoms with Crippen molar-refractivity contribution in [2.24, 2.45) is 5.16 Å². The fraction of sp³-hybridized carbons (Fsp3) is 0.296. The van der Waals surface area contributed by atoms with E-state index in [9.17, 15) is 18.0 Å². The highest BCUT2D eigenvalue weighted by atomic mass is 35.5. The summed E-state index contributed by atoms with van der Waals surface area (Å²) < 4.78 is 27.6. The highest BCUT2D eigenvalue weighted by Gasteiger charge is 2.46. The number of hydrogen-bond acceptors (Lipinski definition) is 6. The standard InChI is InChI=1S/C27H26Cl2N4O5S/c1-17(25(34)31-21-8-6-18-4-2-3-5-19(18)14-21)30-26(35)23-16-27(38-32-23)10-12-33(13-11-27)39(36,37)24-15-20(28)7-9-22(24)29/h2-9,14-15,17H,10-13,16H2,1H3,(H,30,35)(H,31,34). The topological polar surface area (TPSA) is 117 Å². The number of carbonyl (C=O) groups excluding carboxylic acids is 2. The van der Waals surface area contributed by atoms with Crippen LogP contribution in [0.3, 0.4) is 0 Å². The van der Waals surface area contributed by atoms with Crippen LogP contribution in [0.5, 0.6) is 0 Å². The Morgan fingerprint density at radius 3 is 2.49 bits per heavy atom. The molecule has 2 N–H and O–H groups in total. The summed E-state index contributed by atoms with van der Waals surface area (Å²) in [7, 11) is -3.85. The molecule has 2 amide bonds. The first-order valence-electron chi connectivity index (χ1n) is 12.4. The van der Waals surface area contributed by atoms with E-state index in [4.69, 9.17) is 28.0 Å². The first-order chi connectivity index (χ1) is 18.6. The van der Waals surface area contributed by atoms with Gasteiger partial charge in [0.05, 0.1) is 5.02 Å². The highest BCUT2D eigenvalue weighted by molar-refractivity contribution is 7.89. The zero-order valence-corrected chi connectivity index (χ0v) is 23.3. The van der Waals surface area contributed by atoms with Gasteiger partial charge in [0.1, 0.15) is 22.3 Å².